The molecular formula is C17H12Cl2O3S. The molecule has 0 N–H and O–H groups in total. The van der Waals surface area contributed by atoms with Gasteiger partial charge in [-0.05, 0) is 29.8 Å². The highest BCUT2D eigenvalue weighted by molar-refractivity contribution is 7.98. The first-order valence-electron chi connectivity index (χ1n) is 6.76. The second-order valence-electron chi connectivity index (χ2n) is 4.79. The fourth-order valence-corrected chi connectivity index (χ4v) is 3.90. The van der Waals surface area contributed by atoms with Crippen molar-refractivity contribution in [3.63, 3.8) is 0 Å². The number of benzene rings is 2. The average molecular weight is 367 g/mol. The molecule has 0 amide bonds. The van der Waals surface area contributed by atoms with Crippen LogP contribution in [0.5, 0.6) is 5.75 Å². The van der Waals surface area contributed by atoms with Crippen LogP contribution in [0.3, 0.4) is 0 Å². The summed E-state index contributed by atoms with van der Waals surface area (Å²) in [6.45, 7) is 0. The Morgan fingerprint density at radius 3 is 2.57 bits per heavy atom. The molecule has 3 rings (SSSR count). The van der Waals surface area contributed by atoms with E-state index < -0.39 is 5.63 Å². The highest BCUT2D eigenvalue weighted by Crippen LogP contribution is 2.36. The molecule has 0 bridgehead atoms. The Labute approximate surface area is 147 Å². The van der Waals surface area contributed by atoms with Crippen molar-refractivity contribution in [2.45, 2.75) is 10.6 Å². The van der Waals surface area contributed by atoms with Crippen LogP contribution >= 0.6 is 35.0 Å². The third-order valence-corrected chi connectivity index (χ3v) is 5.37. The van der Waals surface area contributed by atoms with Gasteiger partial charge in [-0.2, -0.15) is 0 Å². The second-order valence-corrected chi connectivity index (χ2v) is 6.59. The fraction of sp³-hybridized carbons (Fsp3) is 0.118. The molecule has 0 spiro atoms. The summed E-state index contributed by atoms with van der Waals surface area (Å²) >= 11 is 13.9. The summed E-state index contributed by atoms with van der Waals surface area (Å²) in [6, 6.07) is 12.3. The molecule has 0 fully saturated rings. The highest BCUT2D eigenvalue weighted by Gasteiger charge is 2.10. The zero-order valence-electron chi connectivity index (χ0n) is 12.1. The monoisotopic (exact) mass is 366 g/mol. The molecule has 0 aliphatic rings. The summed E-state index contributed by atoms with van der Waals surface area (Å²) in [6.07, 6.45) is 0. The minimum absolute atomic E-state index is 0.397. The zero-order valence-corrected chi connectivity index (χ0v) is 14.5. The van der Waals surface area contributed by atoms with Crippen LogP contribution in [0.2, 0.25) is 10.0 Å². The minimum Gasteiger partial charge on any atom is -0.497 e. The molecule has 3 aromatic rings. The van der Waals surface area contributed by atoms with E-state index >= 15 is 0 Å². The number of fused-ring (bicyclic) bond motifs is 1. The van der Waals surface area contributed by atoms with Crippen LogP contribution in [0, 0.1) is 0 Å². The van der Waals surface area contributed by atoms with Gasteiger partial charge in [-0.15, -0.1) is 11.8 Å². The Balaban J connectivity index is 1.98. The number of ether oxygens (including phenoxy) is 1. The lowest BCUT2D eigenvalue weighted by Crippen LogP contribution is -2.00. The van der Waals surface area contributed by atoms with Gasteiger partial charge in [-0.1, -0.05) is 29.3 Å². The van der Waals surface area contributed by atoms with Crippen LogP contribution < -0.4 is 10.4 Å². The first-order chi connectivity index (χ1) is 11.1. The lowest BCUT2D eigenvalue weighted by molar-refractivity contribution is 0.414. The number of hydrogen-bond acceptors (Lipinski definition) is 4. The van der Waals surface area contributed by atoms with E-state index in [-0.39, 0.29) is 0 Å². The fourth-order valence-electron chi connectivity index (χ4n) is 2.23. The van der Waals surface area contributed by atoms with Crippen molar-refractivity contribution in [3.05, 3.63) is 68.5 Å². The molecule has 1 aromatic heterocycles. The summed E-state index contributed by atoms with van der Waals surface area (Å²) in [5, 5.41) is 2.05. The van der Waals surface area contributed by atoms with E-state index in [4.69, 9.17) is 32.4 Å². The summed E-state index contributed by atoms with van der Waals surface area (Å²) in [5.41, 5.74) is 0.962. The van der Waals surface area contributed by atoms with Gasteiger partial charge in [0.1, 0.15) is 11.3 Å². The number of thioether (sulfide) groups is 1. The van der Waals surface area contributed by atoms with Gasteiger partial charge >= 0.3 is 5.63 Å². The average Bonchev–Trinajstić information content (AvgIpc) is 2.53. The second kappa shape index (κ2) is 6.87. The molecule has 0 atom stereocenters. The van der Waals surface area contributed by atoms with Gasteiger partial charge in [0.05, 0.1) is 17.2 Å². The van der Waals surface area contributed by atoms with E-state index in [0.717, 1.165) is 15.8 Å². The highest BCUT2D eigenvalue weighted by atomic mass is 35.5. The molecule has 118 valence electrons. The molecule has 1 heterocycles. The van der Waals surface area contributed by atoms with Crippen LogP contribution in [0.4, 0.5) is 0 Å². The molecule has 0 radical (unpaired) electrons. The molecule has 0 saturated heterocycles. The molecule has 6 heteroatoms. The summed E-state index contributed by atoms with van der Waals surface area (Å²) < 4.78 is 10.4. The van der Waals surface area contributed by atoms with Crippen LogP contribution in [-0.4, -0.2) is 7.11 Å². The minimum atomic E-state index is -0.397. The van der Waals surface area contributed by atoms with Crippen LogP contribution in [-0.2, 0) is 5.75 Å². The van der Waals surface area contributed by atoms with Gasteiger partial charge in [0.2, 0.25) is 0 Å². The maximum absolute atomic E-state index is 11.8. The van der Waals surface area contributed by atoms with Gasteiger partial charge in [-0.3, -0.25) is 0 Å². The van der Waals surface area contributed by atoms with E-state index in [2.05, 4.69) is 0 Å². The van der Waals surface area contributed by atoms with Crippen molar-refractivity contribution in [1.82, 2.24) is 0 Å². The summed E-state index contributed by atoms with van der Waals surface area (Å²) in [4.78, 5) is 12.6. The van der Waals surface area contributed by atoms with E-state index in [0.29, 0.717) is 27.1 Å². The number of methoxy groups -OCH3 is 1. The van der Waals surface area contributed by atoms with Crippen molar-refractivity contribution in [2.75, 3.05) is 7.11 Å². The smallest absolute Gasteiger partial charge is 0.336 e. The van der Waals surface area contributed by atoms with Gasteiger partial charge in [0, 0.05) is 28.2 Å². The van der Waals surface area contributed by atoms with Crippen molar-refractivity contribution >= 4 is 45.9 Å². The molecule has 3 nitrogen and oxygen atoms in total. The Hall–Kier alpha value is -1.62. The molecule has 0 aliphatic heterocycles. The molecule has 2 aromatic carbocycles. The standard InChI is InChI=1S/C17H12Cl2O3S/c1-21-11-5-6-12-10(7-16(20)22-15(12)8-11)9-23-17-13(18)3-2-4-14(17)19/h2-8H,9H2,1H3. The Morgan fingerprint density at radius 1 is 1.13 bits per heavy atom. The Morgan fingerprint density at radius 2 is 1.87 bits per heavy atom. The van der Waals surface area contributed by atoms with Gasteiger partial charge in [0.25, 0.3) is 0 Å². The Kier molecular flexibility index (Phi) is 4.85. The van der Waals surface area contributed by atoms with Crippen LogP contribution in [0.15, 0.2) is 56.6 Å². The first-order valence-corrected chi connectivity index (χ1v) is 8.50. The van der Waals surface area contributed by atoms with Crippen molar-refractivity contribution in [2.24, 2.45) is 0 Å². The SMILES string of the molecule is COc1ccc2c(CSc3c(Cl)cccc3Cl)cc(=O)oc2c1. The lowest BCUT2D eigenvalue weighted by atomic mass is 10.1. The first kappa shape index (κ1) is 16.2. The quantitative estimate of drug-likeness (QED) is 0.457. The predicted molar refractivity (Wildman–Crippen MR) is 95.1 cm³/mol. The van der Waals surface area contributed by atoms with Gasteiger partial charge in [-0.25, -0.2) is 4.79 Å². The lowest BCUT2D eigenvalue weighted by Gasteiger charge is -2.09. The Bertz CT molecular complexity index is 901. The van der Waals surface area contributed by atoms with Crippen molar-refractivity contribution < 1.29 is 9.15 Å². The van der Waals surface area contributed by atoms with Gasteiger partial charge < -0.3 is 9.15 Å². The molecule has 0 aliphatic carbocycles. The largest absolute Gasteiger partial charge is 0.497 e. The molecule has 23 heavy (non-hydrogen) atoms. The van der Waals surface area contributed by atoms with Crippen LogP contribution in [0.1, 0.15) is 5.56 Å². The molecule has 0 saturated carbocycles. The van der Waals surface area contributed by atoms with Crippen molar-refractivity contribution in [3.8, 4) is 5.75 Å². The molecule has 0 unspecified atom stereocenters. The maximum atomic E-state index is 11.8. The number of hydrogen-bond donors (Lipinski definition) is 0. The predicted octanol–water partition coefficient (Wildman–Crippen LogP) is 5.40. The third-order valence-electron chi connectivity index (χ3n) is 3.33. The van der Waals surface area contributed by atoms with Gasteiger partial charge in [0.15, 0.2) is 0 Å². The van der Waals surface area contributed by atoms with E-state index in [9.17, 15) is 4.79 Å². The van der Waals surface area contributed by atoms with E-state index in [1.807, 2.05) is 12.1 Å². The number of rotatable bonds is 4. The topological polar surface area (TPSA) is 39.4 Å². The normalized spacial score (nSPS) is 10.9. The number of halogens is 2. The summed E-state index contributed by atoms with van der Waals surface area (Å²) in [7, 11) is 1.57. The van der Waals surface area contributed by atoms with Crippen molar-refractivity contribution in [1.29, 1.82) is 0 Å². The van der Waals surface area contributed by atoms with E-state index in [1.165, 1.54) is 17.8 Å². The third kappa shape index (κ3) is 3.50. The van der Waals surface area contributed by atoms with Crippen LogP contribution in [0.25, 0.3) is 11.0 Å². The zero-order chi connectivity index (χ0) is 16.4. The maximum Gasteiger partial charge on any atom is 0.336 e. The van der Waals surface area contributed by atoms with E-state index in [1.54, 1.807) is 31.4 Å². The summed E-state index contributed by atoms with van der Waals surface area (Å²) in [5.74, 6) is 1.19. The molecular weight excluding hydrogens is 355 g/mol.